The van der Waals surface area contributed by atoms with Gasteiger partial charge in [-0.05, 0) is 0 Å². The Morgan fingerprint density at radius 1 is 1.62 bits per heavy atom. The number of aromatic amines is 1. The van der Waals surface area contributed by atoms with Gasteiger partial charge in [-0.2, -0.15) is 0 Å². The fourth-order valence-corrected chi connectivity index (χ4v) is 0.895. The summed E-state index contributed by atoms with van der Waals surface area (Å²) in [6.07, 6.45) is -2.92. The molecule has 6 heteroatoms. The molecule has 0 aliphatic carbocycles. The fraction of sp³-hybridized carbons (Fsp3) is 0.286. The van der Waals surface area contributed by atoms with Gasteiger partial charge in [0.15, 0.2) is 5.75 Å². The minimum Gasteiger partial charge on any atom is -0.503 e. The predicted octanol–water partition coefficient (Wildman–Crippen LogP) is 0.477. The summed E-state index contributed by atoms with van der Waals surface area (Å²) in [5.41, 5.74) is 3.67. The maximum Gasteiger partial charge on any atom is 0.282 e. The van der Waals surface area contributed by atoms with Crippen LogP contribution in [0.25, 0.3) is 0 Å². The van der Waals surface area contributed by atoms with Crippen molar-refractivity contribution in [2.75, 3.05) is 0 Å². The van der Waals surface area contributed by atoms with Gasteiger partial charge in [0.2, 0.25) is 5.43 Å². The lowest BCUT2D eigenvalue weighted by molar-refractivity contribution is 0.141. The number of pyridine rings is 1. The number of H-pyrrole nitrogens is 1. The van der Waals surface area contributed by atoms with Crippen LogP contribution in [0.1, 0.15) is 17.8 Å². The Bertz CT molecular complexity index is 362. The molecule has 4 nitrogen and oxygen atoms in total. The van der Waals surface area contributed by atoms with Crippen LogP contribution in [0.3, 0.4) is 0 Å². The summed E-state index contributed by atoms with van der Waals surface area (Å²) in [7, 11) is 0. The second-order valence-electron chi connectivity index (χ2n) is 2.43. The van der Waals surface area contributed by atoms with E-state index < -0.39 is 23.3 Å². The molecule has 0 saturated heterocycles. The van der Waals surface area contributed by atoms with Crippen LogP contribution in [0.15, 0.2) is 10.9 Å². The monoisotopic (exact) mass is 190 g/mol. The summed E-state index contributed by atoms with van der Waals surface area (Å²) in [6, 6.07) is 0.987. The Morgan fingerprint density at radius 3 is 2.69 bits per heavy atom. The molecule has 0 saturated carbocycles. The molecule has 0 atom stereocenters. The number of nitrogens with two attached hydrogens (primary N) is 1. The number of rotatable bonds is 2. The highest BCUT2D eigenvalue weighted by Gasteiger charge is 2.16. The molecular weight excluding hydrogens is 182 g/mol. The van der Waals surface area contributed by atoms with Gasteiger partial charge < -0.3 is 15.8 Å². The minimum absolute atomic E-state index is 0.0603. The van der Waals surface area contributed by atoms with Gasteiger partial charge >= 0.3 is 0 Å². The van der Waals surface area contributed by atoms with Gasteiger partial charge in [-0.25, -0.2) is 8.78 Å². The number of hydrogen-bond acceptors (Lipinski definition) is 3. The van der Waals surface area contributed by atoms with Gasteiger partial charge in [0.25, 0.3) is 6.43 Å². The SMILES string of the molecule is NCc1cc(=O)c(O)c(C(F)F)[nH]1. The van der Waals surface area contributed by atoms with E-state index in [-0.39, 0.29) is 12.2 Å². The van der Waals surface area contributed by atoms with Crippen molar-refractivity contribution in [3.05, 3.63) is 27.7 Å². The highest BCUT2D eigenvalue weighted by molar-refractivity contribution is 5.28. The number of hydrogen-bond donors (Lipinski definition) is 3. The van der Waals surface area contributed by atoms with Crippen LogP contribution in [0.2, 0.25) is 0 Å². The van der Waals surface area contributed by atoms with Crippen molar-refractivity contribution in [2.24, 2.45) is 5.73 Å². The summed E-state index contributed by atoms with van der Waals surface area (Å²) in [5, 5.41) is 8.92. The number of aromatic nitrogens is 1. The van der Waals surface area contributed by atoms with Crippen molar-refractivity contribution in [3.63, 3.8) is 0 Å². The van der Waals surface area contributed by atoms with E-state index in [1.807, 2.05) is 0 Å². The second-order valence-corrected chi connectivity index (χ2v) is 2.43. The van der Waals surface area contributed by atoms with Crippen LogP contribution < -0.4 is 11.2 Å². The second kappa shape index (κ2) is 3.53. The highest BCUT2D eigenvalue weighted by Crippen LogP contribution is 2.22. The zero-order valence-corrected chi connectivity index (χ0v) is 6.55. The largest absolute Gasteiger partial charge is 0.503 e. The molecule has 0 aromatic carbocycles. The minimum atomic E-state index is -2.92. The molecule has 72 valence electrons. The Morgan fingerprint density at radius 2 is 2.23 bits per heavy atom. The molecule has 0 radical (unpaired) electrons. The average Bonchev–Trinajstić information content (AvgIpc) is 2.09. The third kappa shape index (κ3) is 1.83. The lowest BCUT2D eigenvalue weighted by Gasteiger charge is -2.05. The van der Waals surface area contributed by atoms with Gasteiger partial charge in [-0.15, -0.1) is 0 Å². The number of nitrogens with one attached hydrogen (secondary N) is 1. The van der Waals surface area contributed by atoms with Gasteiger partial charge in [-0.1, -0.05) is 0 Å². The molecule has 1 heterocycles. The summed E-state index contributed by atoms with van der Waals surface area (Å²) in [5.74, 6) is -0.952. The van der Waals surface area contributed by atoms with Crippen molar-refractivity contribution in [1.29, 1.82) is 0 Å². The Balaban J connectivity index is 3.33. The maximum absolute atomic E-state index is 12.2. The van der Waals surface area contributed by atoms with E-state index in [0.29, 0.717) is 0 Å². The molecule has 1 aromatic heterocycles. The van der Waals surface area contributed by atoms with E-state index >= 15 is 0 Å². The number of aromatic hydroxyl groups is 1. The molecule has 0 amide bonds. The van der Waals surface area contributed by atoms with E-state index in [2.05, 4.69) is 4.98 Å². The smallest absolute Gasteiger partial charge is 0.282 e. The first-order chi connectivity index (χ1) is 6.06. The van der Waals surface area contributed by atoms with E-state index in [9.17, 15) is 13.6 Å². The first-order valence-electron chi connectivity index (χ1n) is 3.49. The third-order valence-electron chi connectivity index (χ3n) is 1.53. The predicted molar refractivity (Wildman–Crippen MR) is 41.6 cm³/mol. The first kappa shape index (κ1) is 9.66. The molecule has 0 aliphatic rings. The molecular formula is C7H8F2N2O2. The van der Waals surface area contributed by atoms with Crippen LogP contribution in [-0.2, 0) is 6.54 Å². The fourth-order valence-electron chi connectivity index (χ4n) is 0.895. The van der Waals surface area contributed by atoms with E-state index in [0.717, 1.165) is 6.07 Å². The normalized spacial score (nSPS) is 10.8. The third-order valence-corrected chi connectivity index (χ3v) is 1.53. The lowest BCUT2D eigenvalue weighted by atomic mass is 10.2. The standard InChI is InChI=1S/C7H8F2N2O2/c8-7(9)5-6(13)4(12)1-3(2-10)11-5/h1,7,13H,2,10H2,(H,11,12). The molecule has 4 N–H and O–H groups in total. The lowest BCUT2D eigenvalue weighted by Crippen LogP contribution is -2.11. The Labute approximate surface area is 72.0 Å². The van der Waals surface area contributed by atoms with Crippen LogP contribution in [0.5, 0.6) is 5.75 Å². The quantitative estimate of drug-likeness (QED) is 0.634. The summed E-state index contributed by atoms with van der Waals surface area (Å²) < 4.78 is 24.3. The molecule has 0 fully saturated rings. The van der Waals surface area contributed by atoms with E-state index in [1.165, 1.54) is 0 Å². The zero-order valence-electron chi connectivity index (χ0n) is 6.55. The molecule has 1 rings (SSSR count). The molecule has 1 aromatic rings. The molecule has 0 unspecified atom stereocenters. The summed E-state index contributed by atoms with van der Waals surface area (Å²) >= 11 is 0. The summed E-state index contributed by atoms with van der Waals surface area (Å²) in [4.78, 5) is 13.0. The van der Waals surface area contributed by atoms with Gasteiger partial charge in [0.05, 0.1) is 0 Å². The van der Waals surface area contributed by atoms with Crippen molar-refractivity contribution in [1.82, 2.24) is 4.98 Å². The van der Waals surface area contributed by atoms with Crippen LogP contribution >= 0.6 is 0 Å². The maximum atomic E-state index is 12.2. The van der Waals surface area contributed by atoms with Gasteiger partial charge in [0.1, 0.15) is 5.69 Å². The molecule has 0 aliphatic heterocycles. The van der Waals surface area contributed by atoms with Gasteiger partial charge in [-0.3, -0.25) is 4.79 Å². The number of alkyl halides is 2. The van der Waals surface area contributed by atoms with Gasteiger partial charge in [0, 0.05) is 18.3 Å². The molecule has 0 spiro atoms. The average molecular weight is 190 g/mol. The highest BCUT2D eigenvalue weighted by atomic mass is 19.3. The summed E-state index contributed by atoms with van der Waals surface area (Å²) in [6.45, 7) is -0.0603. The molecule has 13 heavy (non-hydrogen) atoms. The van der Waals surface area contributed by atoms with Crippen molar-refractivity contribution in [3.8, 4) is 5.75 Å². The van der Waals surface area contributed by atoms with Crippen LogP contribution in [0.4, 0.5) is 8.78 Å². The van der Waals surface area contributed by atoms with Crippen molar-refractivity contribution >= 4 is 0 Å². The van der Waals surface area contributed by atoms with Crippen LogP contribution in [0, 0.1) is 0 Å². The van der Waals surface area contributed by atoms with E-state index in [1.54, 1.807) is 0 Å². The first-order valence-corrected chi connectivity index (χ1v) is 3.49. The topological polar surface area (TPSA) is 79.1 Å². The Hall–Kier alpha value is -1.43. The Kier molecular flexibility index (Phi) is 2.62. The van der Waals surface area contributed by atoms with Crippen LogP contribution in [-0.4, -0.2) is 10.1 Å². The van der Waals surface area contributed by atoms with E-state index in [4.69, 9.17) is 10.8 Å². The van der Waals surface area contributed by atoms with Crippen molar-refractivity contribution < 1.29 is 13.9 Å². The van der Waals surface area contributed by atoms with Crippen molar-refractivity contribution in [2.45, 2.75) is 13.0 Å². The number of halogens is 2. The zero-order chi connectivity index (χ0) is 10.0. The molecule has 0 bridgehead atoms.